The van der Waals surface area contributed by atoms with Gasteiger partial charge in [-0.05, 0) is 37.8 Å². The quantitative estimate of drug-likeness (QED) is 0.374. The van der Waals surface area contributed by atoms with Crippen LogP contribution in [0.4, 0.5) is 0 Å². The van der Waals surface area contributed by atoms with Crippen molar-refractivity contribution in [3.8, 4) is 5.75 Å². The van der Waals surface area contributed by atoms with Crippen molar-refractivity contribution in [2.24, 2.45) is 0 Å². The summed E-state index contributed by atoms with van der Waals surface area (Å²) < 4.78 is 11.2. The first-order chi connectivity index (χ1) is 11.2. The van der Waals surface area contributed by atoms with Gasteiger partial charge in [0.05, 0.1) is 13.2 Å². The van der Waals surface area contributed by atoms with Gasteiger partial charge in [-0.25, -0.2) is 4.79 Å². The van der Waals surface area contributed by atoms with E-state index in [2.05, 4.69) is 19.9 Å². The SMILES string of the molecule is CCCCCCCOc1c(CCCC)cccc1C(=O)OCC. The molecular formula is C20H32O3. The van der Waals surface area contributed by atoms with Gasteiger partial charge in [-0.2, -0.15) is 0 Å². The van der Waals surface area contributed by atoms with Crippen molar-refractivity contribution in [1.82, 2.24) is 0 Å². The zero-order valence-electron chi connectivity index (χ0n) is 15.0. The maximum Gasteiger partial charge on any atom is 0.341 e. The van der Waals surface area contributed by atoms with Crippen LogP contribution >= 0.6 is 0 Å². The second-order valence-corrected chi connectivity index (χ2v) is 5.88. The number of hydrogen-bond donors (Lipinski definition) is 0. The summed E-state index contributed by atoms with van der Waals surface area (Å²) in [6, 6.07) is 5.79. The highest BCUT2D eigenvalue weighted by Gasteiger charge is 2.17. The third-order valence-corrected chi connectivity index (χ3v) is 3.89. The van der Waals surface area contributed by atoms with Crippen LogP contribution in [0.25, 0.3) is 0 Å². The summed E-state index contributed by atoms with van der Waals surface area (Å²) in [5, 5.41) is 0. The third-order valence-electron chi connectivity index (χ3n) is 3.89. The molecule has 0 aliphatic heterocycles. The topological polar surface area (TPSA) is 35.5 Å². The molecule has 0 heterocycles. The zero-order valence-corrected chi connectivity index (χ0v) is 15.0. The summed E-state index contributed by atoms with van der Waals surface area (Å²) in [7, 11) is 0. The Kier molecular flexibility index (Phi) is 10.2. The molecule has 0 bridgehead atoms. The summed E-state index contributed by atoms with van der Waals surface area (Å²) in [6.07, 6.45) is 9.15. The lowest BCUT2D eigenvalue weighted by Crippen LogP contribution is -2.10. The number of esters is 1. The van der Waals surface area contributed by atoms with Crippen molar-refractivity contribution in [1.29, 1.82) is 0 Å². The summed E-state index contributed by atoms with van der Waals surface area (Å²) in [5.41, 5.74) is 1.68. The maximum atomic E-state index is 12.2. The van der Waals surface area contributed by atoms with Crippen molar-refractivity contribution in [2.75, 3.05) is 13.2 Å². The molecule has 0 aliphatic carbocycles. The monoisotopic (exact) mass is 320 g/mol. The van der Waals surface area contributed by atoms with E-state index in [0.29, 0.717) is 18.8 Å². The Morgan fingerprint density at radius 3 is 2.39 bits per heavy atom. The van der Waals surface area contributed by atoms with Crippen LogP contribution in [-0.2, 0) is 11.2 Å². The molecule has 1 aromatic rings. The number of unbranched alkanes of at least 4 members (excludes halogenated alkanes) is 5. The Bertz CT molecular complexity index is 454. The van der Waals surface area contributed by atoms with Crippen LogP contribution in [0.2, 0.25) is 0 Å². The number of hydrogen-bond acceptors (Lipinski definition) is 3. The molecule has 0 radical (unpaired) electrons. The summed E-state index contributed by atoms with van der Waals surface area (Å²) in [6.45, 7) is 7.26. The van der Waals surface area contributed by atoms with Crippen LogP contribution in [0.15, 0.2) is 18.2 Å². The van der Waals surface area contributed by atoms with E-state index in [9.17, 15) is 4.79 Å². The van der Waals surface area contributed by atoms with Crippen LogP contribution in [0.5, 0.6) is 5.75 Å². The number of carbonyl (C=O) groups is 1. The van der Waals surface area contributed by atoms with Crippen molar-refractivity contribution >= 4 is 5.97 Å². The van der Waals surface area contributed by atoms with Gasteiger partial charge in [0.15, 0.2) is 0 Å². The van der Waals surface area contributed by atoms with Gasteiger partial charge in [-0.15, -0.1) is 0 Å². The maximum absolute atomic E-state index is 12.2. The summed E-state index contributed by atoms with van der Waals surface area (Å²) >= 11 is 0. The average molecular weight is 320 g/mol. The van der Waals surface area contributed by atoms with Crippen molar-refractivity contribution in [3.63, 3.8) is 0 Å². The molecule has 23 heavy (non-hydrogen) atoms. The Morgan fingerprint density at radius 1 is 0.957 bits per heavy atom. The highest BCUT2D eigenvalue weighted by atomic mass is 16.5. The minimum atomic E-state index is -0.285. The second-order valence-electron chi connectivity index (χ2n) is 5.88. The van der Waals surface area contributed by atoms with Gasteiger partial charge >= 0.3 is 5.97 Å². The molecule has 0 unspecified atom stereocenters. The van der Waals surface area contributed by atoms with Crippen LogP contribution in [0, 0.1) is 0 Å². The first-order valence-electron chi connectivity index (χ1n) is 9.16. The van der Waals surface area contributed by atoms with E-state index in [4.69, 9.17) is 9.47 Å². The highest BCUT2D eigenvalue weighted by molar-refractivity contribution is 5.93. The summed E-state index contributed by atoms with van der Waals surface area (Å²) in [4.78, 5) is 12.2. The number of benzene rings is 1. The van der Waals surface area contributed by atoms with E-state index < -0.39 is 0 Å². The third kappa shape index (κ3) is 7.06. The Hall–Kier alpha value is -1.51. The van der Waals surface area contributed by atoms with Gasteiger partial charge < -0.3 is 9.47 Å². The zero-order chi connectivity index (χ0) is 16.9. The molecular weight excluding hydrogens is 288 g/mol. The van der Waals surface area contributed by atoms with Gasteiger partial charge in [0, 0.05) is 0 Å². The number of para-hydroxylation sites is 1. The van der Waals surface area contributed by atoms with E-state index >= 15 is 0 Å². The smallest absolute Gasteiger partial charge is 0.341 e. The van der Waals surface area contributed by atoms with Gasteiger partial charge in [-0.3, -0.25) is 0 Å². The lowest BCUT2D eigenvalue weighted by Gasteiger charge is -2.15. The van der Waals surface area contributed by atoms with Crippen LogP contribution in [0.3, 0.4) is 0 Å². The molecule has 0 aromatic heterocycles. The number of rotatable bonds is 12. The molecule has 0 amide bonds. The predicted molar refractivity (Wildman–Crippen MR) is 95.3 cm³/mol. The Labute approximate surface area is 141 Å². The van der Waals surface area contributed by atoms with E-state index in [1.165, 1.54) is 25.7 Å². The van der Waals surface area contributed by atoms with E-state index in [0.717, 1.165) is 37.0 Å². The first-order valence-corrected chi connectivity index (χ1v) is 9.16. The van der Waals surface area contributed by atoms with Crippen LogP contribution < -0.4 is 4.74 Å². The van der Waals surface area contributed by atoms with Crippen molar-refractivity contribution in [2.45, 2.75) is 72.1 Å². The molecule has 0 N–H and O–H groups in total. The van der Waals surface area contributed by atoms with Crippen molar-refractivity contribution < 1.29 is 14.3 Å². The minimum absolute atomic E-state index is 0.285. The van der Waals surface area contributed by atoms with Gasteiger partial charge in [-0.1, -0.05) is 58.1 Å². The molecule has 0 atom stereocenters. The molecule has 1 aromatic carbocycles. The fourth-order valence-corrected chi connectivity index (χ4v) is 2.57. The van der Waals surface area contributed by atoms with E-state index in [1.54, 1.807) is 6.07 Å². The van der Waals surface area contributed by atoms with E-state index in [1.807, 2.05) is 13.0 Å². The first kappa shape index (κ1) is 19.5. The fourth-order valence-electron chi connectivity index (χ4n) is 2.57. The standard InChI is InChI=1S/C20H32O3/c1-4-7-9-10-11-16-23-19-17(13-8-5-2)14-12-15-18(19)20(21)22-6-3/h12,14-15H,4-11,13,16H2,1-3H3. The Balaban J connectivity index is 2.75. The van der Waals surface area contributed by atoms with Crippen LogP contribution in [-0.4, -0.2) is 19.2 Å². The molecule has 3 nitrogen and oxygen atoms in total. The molecule has 0 aliphatic rings. The molecule has 130 valence electrons. The lowest BCUT2D eigenvalue weighted by atomic mass is 10.0. The minimum Gasteiger partial charge on any atom is -0.492 e. The normalized spacial score (nSPS) is 10.6. The fraction of sp³-hybridized carbons (Fsp3) is 0.650. The molecule has 0 saturated heterocycles. The lowest BCUT2D eigenvalue weighted by molar-refractivity contribution is 0.0521. The predicted octanol–water partition coefficient (Wildman–Crippen LogP) is 5.56. The molecule has 1 rings (SSSR count). The average Bonchev–Trinajstić information content (AvgIpc) is 2.56. The highest BCUT2D eigenvalue weighted by Crippen LogP contribution is 2.27. The largest absolute Gasteiger partial charge is 0.492 e. The molecule has 3 heteroatoms. The molecule has 0 saturated carbocycles. The number of aryl methyl sites for hydroxylation is 1. The Morgan fingerprint density at radius 2 is 1.70 bits per heavy atom. The summed E-state index contributed by atoms with van der Waals surface area (Å²) in [5.74, 6) is 0.446. The second kappa shape index (κ2) is 12.0. The van der Waals surface area contributed by atoms with Gasteiger partial charge in [0.2, 0.25) is 0 Å². The van der Waals surface area contributed by atoms with E-state index in [-0.39, 0.29) is 5.97 Å². The molecule has 0 spiro atoms. The van der Waals surface area contributed by atoms with Gasteiger partial charge in [0.25, 0.3) is 0 Å². The number of carbonyl (C=O) groups excluding carboxylic acids is 1. The van der Waals surface area contributed by atoms with Gasteiger partial charge in [0.1, 0.15) is 11.3 Å². The van der Waals surface area contributed by atoms with Crippen molar-refractivity contribution in [3.05, 3.63) is 29.3 Å². The van der Waals surface area contributed by atoms with Crippen LogP contribution in [0.1, 0.15) is 81.6 Å². The molecule has 0 fully saturated rings. The number of ether oxygens (including phenoxy) is 2.